The van der Waals surface area contributed by atoms with Crippen LogP contribution >= 0.6 is 0 Å². The standard InChI is InChI=1S/C12H12N4O4/c1-20-12(19)10-11(13)16(15-14-10)8-4-2-7(3-5-8)6-9(17)18/h2-5H,6,13H2,1H3,(H,17,18). The van der Waals surface area contributed by atoms with Gasteiger partial charge in [0.25, 0.3) is 0 Å². The number of hydrogen-bond donors (Lipinski definition) is 2. The fraction of sp³-hybridized carbons (Fsp3) is 0.167. The lowest BCUT2D eigenvalue weighted by atomic mass is 10.1. The predicted octanol–water partition coefficient (Wildman–Crippen LogP) is 0.263. The Morgan fingerprint density at radius 1 is 1.35 bits per heavy atom. The van der Waals surface area contributed by atoms with Gasteiger partial charge < -0.3 is 15.6 Å². The molecule has 0 saturated carbocycles. The van der Waals surface area contributed by atoms with E-state index < -0.39 is 11.9 Å². The fourth-order valence-corrected chi connectivity index (χ4v) is 1.65. The number of carboxylic acids is 1. The molecule has 2 rings (SSSR count). The third-order valence-corrected chi connectivity index (χ3v) is 2.62. The van der Waals surface area contributed by atoms with Crippen molar-refractivity contribution in [3.8, 4) is 5.69 Å². The number of ether oxygens (including phenoxy) is 1. The van der Waals surface area contributed by atoms with Crippen LogP contribution in [-0.4, -0.2) is 39.1 Å². The van der Waals surface area contributed by atoms with Gasteiger partial charge in [0.2, 0.25) is 5.69 Å². The van der Waals surface area contributed by atoms with Crippen molar-refractivity contribution in [2.24, 2.45) is 0 Å². The van der Waals surface area contributed by atoms with E-state index in [2.05, 4.69) is 15.0 Å². The minimum absolute atomic E-state index is 0.0582. The normalized spacial score (nSPS) is 10.2. The molecule has 1 aromatic carbocycles. The van der Waals surface area contributed by atoms with E-state index in [9.17, 15) is 9.59 Å². The van der Waals surface area contributed by atoms with Crippen LogP contribution in [0.1, 0.15) is 16.1 Å². The molecule has 0 radical (unpaired) electrons. The largest absolute Gasteiger partial charge is 0.481 e. The number of aromatic nitrogens is 3. The summed E-state index contributed by atoms with van der Waals surface area (Å²) >= 11 is 0. The van der Waals surface area contributed by atoms with Crippen molar-refractivity contribution < 1.29 is 19.4 Å². The van der Waals surface area contributed by atoms with E-state index in [0.29, 0.717) is 11.3 Å². The van der Waals surface area contributed by atoms with Crippen LogP contribution in [0.25, 0.3) is 5.69 Å². The van der Waals surface area contributed by atoms with Gasteiger partial charge in [-0.05, 0) is 17.7 Å². The number of esters is 1. The highest BCUT2D eigenvalue weighted by molar-refractivity contribution is 5.92. The molecule has 0 fully saturated rings. The number of hydrogen-bond acceptors (Lipinski definition) is 6. The van der Waals surface area contributed by atoms with E-state index >= 15 is 0 Å². The molecule has 0 aliphatic heterocycles. The first kappa shape index (κ1) is 13.5. The van der Waals surface area contributed by atoms with Crippen molar-refractivity contribution in [2.45, 2.75) is 6.42 Å². The summed E-state index contributed by atoms with van der Waals surface area (Å²) in [7, 11) is 1.22. The Kier molecular flexibility index (Phi) is 3.65. The smallest absolute Gasteiger partial charge is 0.362 e. The molecule has 1 heterocycles. The third kappa shape index (κ3) is 2.58. The van der Waals surface area contributed by atoms with Gasteiger partial charge in [-0.3, -0.25) is 4.79 Å². The van der Waals surface area contributed by atoms with Crippen LogP contribution < -0.4 is 5.73 Å². The van der Waals surface area contributed by atoms with Crippen molar-refractivity contribution in [2.75, 3.05) is 12.8 Å². The number of carboxylic acid groups (broad SMARTS) is 1. The summed E-state index contributed by atoms with van der Waals surface area (Å²) in [5.74, 6) is -1.52. The molecule has 0 aliphatic rings. The van der Waals surface area contributed by atoms with E-state index in [-0.39, 0.29) is 17.9 Å². The van der Waals surface area contributed by atoms with Crippen LogP contribution in [0, 0.1) is 0 Å². The molecule has 20 heavy (non-hydrogen) atoms. The SMILES string of the molecule is COC(=O)c1nnn(-c2ccc(CC(=O)O)cc2)c1N. The van der Waals surface area contributed by atoms with Crippen LogP contribution in [0.2, 0.25) is 0 Å². The van der Waals surface area contributed by atoms with E-state index in [4.69, 9.17) is 10.8 Å². The highest BCUT2D eigenvalue weighted by Gasteiger charge is 2.18. The van der Waals surface area contributed by atoms with Gasteiger partial charge >= 0.3 is 11.9 Å². The summed E-state index contributed by atoms with van der Waals surface area (Å²) in [4.78, 5) is 22.0. The fourth-order valence-electron chi connectivity index (χ4n) is 1.65. The number of carbonyl (C=O) groups excluding carboxylic acids is 1. The number of nitrogen functional groups attached to an aromatic ring is 1. The van der Waals surface area contributed by atoms with E-state index in [0.717, 1.165) is 0 Å². The predicted molar refractivity (Wildman–Crippen MR) is 68.5 cm³/mol. The maximum absolute atomic E-state index is 11.4. The first-order valence-corrected chi connectivity index (χ1v) is 5.63. The molecule has 1 aromatic heterocycles. The van der Waals surface area contributed by atoms with E-state index in [1.54, 1.807) is 24.3 Å². The van der Waals surface area contributed by atoms with Crippen LogP contribution in [-0.2, 0) is 16.0 Å². The summed E-state index contributed by atoms with van der Waals surface area (Å²) in [6.07, 6.45) is -0.0689. The molecule has 0 unspecified atom stereocenters. The van der Waals surface area contributed by atoms with Crippen LogP contribution in [0.3, 0.4) is 0 Å². The number of benzene rings is 1. The monoisotopic (exact) mass is 276 g/mol. The van der Waals surface area contributed by atoms with E-state index in [1.165, 1.54) is 11.8 Å². The molecule has 0 amide bonds. The molecule has 104 valence electrons. The summed E-state index contributed by atoms with van der Waals surface area (Å²) < 4.78 is 5.80. The molecule has 2 aromatic rings. The quantitative estimate of drug-likeness (QED) is 0.768. The van der Waals surface area contributed by atoms with Crippen LogP contribution in [0.5, 0.6) is 0 Å². The number of methoxy groups -OCH3 is 1. The number of anilines is 1. The second-order valence-electron chi connectivity index (χ2n) is 3.96. The van der Waals surface area contributed by atoms with Crippen molar-refractivity contribution >= 4 is 17.8 Å². The zero-order valence-electron chi connectivity index (χ0n) is 10.6. The lowest BCUT2D eigenvalue weighted by Gasteiger charge is -2.04. The van der Waals surface area contributed by atoms with Gasteiger partial charge in [0.05, 0.1) is 19.2 Å². The average molecular weight is 276 g/mol. The number of carbonyl (C=O) groups is 2. The zero-order chi connectivity index (χ0) is 14.7. The Morgan fingerprint density at radius 3 is 2.55 bits per heavy atom. The molecule has 8 nitrogen and oxygen atoms in total. The zero-order valence-corrected chi connectivity index (χ0v) is 10.6. The summed E-state index contributed by atoms with van der Waals surface area (Å²) in [6, 6.07) is 6.57. The van der Waals surface area contributed by atoms with Crippen molar-refractivity contribution in [3.05, 3.63) is 35.5 Å². The average Bonchev–Trinajstić information content (AvgIpc) is 2.80. The van der Waals surface area contributed by atoms with Gasteiger partial charge in [0.1, 0.15) is 0 Å². The molecular weight excluding hydrogens is 264 g/mol. The molecule has 0 saturated heterocycles. The minimum atomic E-state index is -0.911. The van der Waals surface area contributed by atoms with Gasteiger partial charge in [-0.1, -0.05) is 17.3 Å². The van der Waals surface area contributed by atoms with Crippen molar-refractivity contribution in [1.82, 2.24) is 15.0 Å². The number of rotatable bonds is 4. The van der Waals surface area contributed by atoms with E-state index in [1.807, 2.05) is 0 Å². The first-order valence-electron chi connectivity index (χ1n) is 5.63. The Bertz CT molecular complexity index is 648. The van der Waals surface area contributed by atoms with Gasteiger partial charge in [-0.15, -0.1) is 5.10 Å². The summed E-state index contributed by atoms with van der Waals surface area (Å²) in [5, 5.41) is 16.1. The topological polar surface area (TPSA) is 120 Å². The maximum Gasteiger partial charge on any atom is 0.362 e. The van der Waals surface area contributed by atoms with Gasteiger partial charge in [0.15, 0.2) is 5.82 Å². The highest BCUT2D eigenvalue weighted by Crippen LogP contribution is 2.16. The molecule has 0 atom stereocenters. The summed E-state index contributed by atoms with van der Waals surface area (Å²) in [5.41, 5.74) is 6.92. The van der Waals surface area contributed by atoms with Gasteiger partial charge in [0, 0.05) is 0 Å². The molecule has 0 aliphatic carbocycles. The van der Waals surface area contributed by atoms with Crippen LogP contribution in [0.15, 0.2) is 24.3 Å². The first-order chi connectivity index (χ1) is 9.52. The van der Waals surface area contributed by atoms with Gasteiger partial charge in [-0.25, -0.2) is 4.79 Å². The number of nitrogens with zero attached hydrogens (tertiary/aromatic N) is 3. The highest BCUT2D eigenvalue weighted by atomic mass is 16.5. The Hall–Kier alpha value is -2.90. The van der Waals surface area contributed by atoms with Crippen molar-refractivity contribution in [1.29, 1.82) is 0 Å². The summed E-state index contributed by atoms with van der Waals surface area (Å²) in [6.45, 7) is 0. The van der Waals surface area contributed by atoms with Crippen LogP contribution in [0.4, 0.5) is 5.82 Å². The molecule has 0 spiro atoms. The minimum Gasteiger partial charge on any atom is -0.481 e. The molecule has 0 bridgehead atoms. The lowest BCUT2D eigenvalue weighted by Crippen LogP contribution is -2.08. The lowest BCUT2D eigenvalue weighted by molar-refractivity contribution is -0.136. The molecule has 8 heteroatoms. The van der Waals surface area contributed by atoms with Crippen molar-refractivity contribution in [3.63, 3.8) is 0 Å². The van der Waals surface area contributed by atoms with Gasteiger partial charge in [-0.2, -0.15) is 4.68 Å². The Labute approximate surface area is 113 Å². The molecular formula is C12H12N4O4. The second kappa shape index (κ2) is 5.39. The number of aliphatic carboxylic acids is 1. The molecule has 3 N–H and O–H groups in total. The maximum atomic E-state index is 11.4. The second-order valence-corrected chi connectivity index (χ2v) is 3.96. The Balaban J connectivity index is 2.30. The number of nitrogens with two attached hydrogens (primary N) is 1. The third-order valence-electron chi connectivity index (χ3n) is 2.62. The Morgan fingerprint density at radius 2 is 2.00 bits per heavy atom.